The van der Waals surface area contributed by atoms with Crippen LogP contribution in [-0.2, 0) is 6.54 Å². The maximum atomic E-state index is 5.94. The molecule has 2 aliphatic rings. The van der Waals surface area contributed by atoms with Crippen LogP contribution in [0, 0.1) is 0 Å². The van der Waals surface area contributed by atoms with Crippen LogP contribution in [0.1, 0.15) is 44.9 Å². The molecule has 1 aliphatic heterocycles. The molecule has 2 heterocycles. The Bertz CT molecular complexity index is 821. The highest BCUT2D eigenvalue weighted by atomic mass is 127. The van der Waals surface area contributed by atoms with Gasteiger partial charge in [-0.25, -0.2) is 4.99 Å². The molecule has 0 spiro atoms. The Balaban J connectivity index is 0.00000256. The third kappa shape index (κ3) is 6.07. The highest BCUT2D eigenvalue weighted by Gasteiger charge is 2.30. The summed E-state index contributed by atoms with van der Waals surface area (Å²) in [7, 11) is 0. The number of aliphatic imine (C=N–C) groups is 1. The Morgan fingerprint density at radius 1 is 1.23 bits per heavy atom. The number of nitrogens with zero attached hydrogens (tertiary/aromatic N) is 4. The molecule has 0 radical (unpaired) electrons. The third-order valence-electron chi connectivity index (χ3n) is 5.69. The van der Waals surface area contributed by atoms with E-state index in [-0.39, 0.29) is 24.0 Å². The molecule has 1 aliphatic carbocycles. The van der Waals surface area contributed by atoms with Crippen molar-refractivity contribution < 1.29 is 4.52 Å². The Morgan fingerprint density at radius 2 is 2.00 bits per heavy atom. The summed E-state index contributed by atoms with van der Waals surface area (Å²) in [5.74, 6) is 1.84. The largest absolute Gasteiger partial charge is 0.357 e. The standard InChI is InChI=1S/C21H29ClN6O.HI/c1-2-23-21(25-17-11-12-28(14-17)18-5-3-4-6-18)24-13-19-26-20(27-29-19)15-7-9-16(22)10-8-15;/h7-10,17-18H,2-6,11-14H2,1H3,(H2,23,24,25);1H. The minimum absolute atomic E-state index is 0. The first kappa shape index (κ1) is 23.3. The zero-order valence-corrected chi connectivity index (χ0v) is 20.4. The van der Waals surface area contributed by atoms with Gasteiger partial charge in [-0.05, 0) is 50.5 Å². The first-order valence-corrected chi connectivity index (χ1v) is 11.0. The van der Waals surface area contributed by atoms with Crippen molar-refractivity contribution in [1.29, 1.82) is 0 Å². The number of hydrogen-bond donors (Lipinski definition) is 2. The SMILES string of the molecule is CCNC(=NCc1nc(-c2ccc(Cl)cc2)no1)NC1CCN(C2CCCC2)C1.I. The van der Waals surface area contributed by atoms with Gasteiger partial charge in [-0.15, -0.1) is 24.0 Å². The van der Waals surface area contributed by atoms with Crippen molar-refractivity contribution >= 4 is 41.5 Å². The number of likely N-dealkylation sites (tertiary alicyclic amines) is 1. The average molecular weight is 545 g/mol. The van der Waals surface area contributed by atoms with Crippen LogP contribution in [0.5, 0.6) is 0 Å². The van der Waals surface area contributed by atoms with Crippen molar-refractivity contribution in [3.05, 3.63) is 35.2 Å². The van der Waals surface area contributed by atoms with Crippen molar-refractivity contribution in [3.8, 4) is 11.4 Å². The van der Waals surface area contributed by atoms with E-state index < -0.39 is 0 Å². The lowest BCUT2D eigenvalue weighted by molar-refractivity contribution is 0.242. The number of rotatable bonds is 6. The van der Waals surface area contributed by atoms with Gasteiger partial charge in [0.05, 0.1) is 0 Å². The number of halogens is 2. The highest BCUT2D eigenvalue weighted by Crippen LogP contribution is 2.26. The van der Waals surface area contributed by atoms with Gasteiger partial charge in [0.15, 0.2) is 5.96 Å². The predicted octanol–water partition coefficient (Wildman–Crippen LogP) is 4.08. The van der Waals surface area contributed by atoms with Crippen molar-refractivity contribution in [2.45, 2.75) is 57.7 Å². The van der Waals surface area contributed by atoms with Gasteiger partial charge >= 0.3 is 0 Å². The molecule has 30 heavy (non-hydrogen) atoms. The van der Waals surface area contributed by atoms with Crippen LogP contribution in [0.2, 0.25) is 5.02 Å². The molecule has 1 aromatic carbocycles. The monoisotopic (exact) mass is 544 g/mol. The zero-order chi connectivity index (χ0) is 20.1. The molecule has 1 atom stereocenters. The van der Waals surface area contributed by atoms with E-state index >= 15 is 0 Å². The molecule has 1 aromatic heterocycles. The van der Waals surface area contributed by atoms with Crippen LogP contribution in [0.15, 0.2) is 33.8 Å². The van der Waals surface area contributed by atoms with Gasteiger partial charge in [0.1, 0.15) is 6.54 Å². The lowest BCUT2D eigenvalue weighted by atomic mass is 10.2. The topological polar surface area (TPSA) is 78.6 Å². The van der Waals surface area contributed by atoms with Crippen LogP contribution < -0.4 is 10.6 Å². The number of aromatic nitrogens is 2. The van der Waals surface area contributed by atoms with Crippen molar-refractivity contribution in [1.82, 2.24) is 25.7 Å². The Labute approximate surface area is 200 Å². The highest BCUT2D eigenvalue weighted by molar-refractivity contribution is 14.0. The summed E-state index contributed by atoms with van der Waals surface area (Å²) in [6.45, 7) is 5.49. The van der Waals surface area contributed by atoms with Gasteiger partial charge in [-0.3, -0.25) is 4.90 Å². The maximum absolute atomic E-state index is 5.94. The Morgan fingerprint density at radius 3 is 2.73 bits per heavy atom. The number of benzene rings is 1. The lowest BCUT2D eigenvalue weighted by Gasteiger charge is -2.24. The summed E-state index contributed by atoms with van der Waals surface area (Å²) in [5, 5.41) is 11.6. The first-order chi connectivity index (χ1) is 14.2. The Kier molecular flexibility index (Phi) is 8.76. The molecule has 0 bridgehead atoms. The fourth-order valence-electron chi connectivity index (χ4n) is 4.20. The van der Waals surface area contributed by atoms with Crippen LogP contribution in [-0.4, -0.2) is 52.7 Å². The smallest absolute Gasteiger partial charge is 0.248 e. The molecule has 0 amide bonds. The molecule has 2 aromatic rings. The zero-order valence-electron chi connectivity index (χ0n) is 17.3. The van der Waals surface area contributed by atoms with Crippen LogP contribution in [0.4, 0.5) is 0 Å². The molecular weight excluding hydrogens is 515 g/mol. The molecule has 164 valence electrons. The fraction of sp³-hybridized carbons (Fsp3) is 0.571. The van der Waals surface area contributed by atoms with Gasteiger partial charge < -0.3 is 15.2 Å². The number of guanidine groups is 1. The molecule has 7 nitrogen and oxygen atoms in total. The van der Waals surface area contributed by atoms with E-state index in [2.05, 4.69) is 37.6 Å². The minimum atomic E-state index is 0. The minimum Gasteiger partial charge on any atom is -0.357 e. The van der Waals surface area contributed by atoms with E-state index in [9.17, 15) is 0 Å². The van der Waals surface area contributed by atoms with Crippen molar-refractivity contribution in [3.63, 3.8) is 0 Å². The van der Waals surface area contributed by atoms with E-state index in [0.717, 1.165) is 37.1 Å². The quantitative estimate of drug-likeness (QED) is 0.324. The molecule has 1 saturated carbocycles. The second-order valence-corrected chi connectivity index (χ2v) is 8.21. The normalized spacial score (nSPS) is 20.3. The second kappa shape index (κ2) is 11.3. The maximum Gasteiger partial charge on any atom is 0.248 e. The summed E-state index contributed by atoms with van der Waals surface area (Å²) in [6, 6.07) is 8.60. The molecule has 9 heteroatoms. The van der Waals surface area contributed by atoms with E-state index in [4.69, 9.17) is 16.1 Å². The van der Waals surface area contributed by atoms with E-state index in [1.54, 1.807) is 0 Å². The van der Waals surface area contributed by atoms with Crippen molar-refractivity contribution in [2.24, 2.45) is 4.99 Å². The lowest BCUT2D eigenvalue weighted by Crippen LogP contribution is -2.45. The summed E-state index contributed by atoms with van der Waals surface area (Å²) in [6.07, 6.45) is 6.63. The summed E-state index contributed by atoms with van der Waals surface area (Å²) >= 11 is 5.94. The molecule has 4 rings (SSSR count). The number of hydrogen-bond acceptors (Lipinski definition) is 5. The summed E-state index contributed by atoms with van der Waals surface area (Å²) in [4.78, 5) is 11.7. The van der Waals surface area contributed by atoms with E-state index in [1.807, 2.05) is 24.3 Å². The van der Waals surface area contributed by atoms with E-state index in [0.29, 0.717) is 29.3 Å². The van der Waals surface area contributed by atoms with Gasteiger partial charge in [-0.1, -0.05) is 29.6 Å². The predicted molar refractivity (Wildman–Crippen MR) is 130 cm³/mol. The fourth-order valence-corrected chi connectivity index (χ4v) is 4.33. The molecule has 2 fully saturated rings. The average Bonchev–Trinajstić information content (AvgIpc) is 3.48. The first-order valence-electron chi connectivity index (χ1n) is 10.6. The summed E-state index contributed by atoms with van der Waals surface area (Å²) < 4.78 is 5.37. The molecule has 1 unspecified atom stereocenters. The van der Waals surface area contributed by atoms with Gasteiger partial charge in [-0.2, -0.15) is 4.98 Å². The van der Waals surface area contributed by atoms with E-state index in [1.165, 1.54) is 32.2 Å². The second-order valence-electron chi connectivity index (χ2n) is 7.78. The van der Waals surface area contributed by atoms with Gasteiger partial charge in [0, 0.05) is 42.3 Å². The van der Waals surface area contributed by atoms with Gasteiger partial charge in [0.2, 0.25) is 11.7 Å². The molecule has 1 saturated heterocycles. The van der Waals surface area contributed by atoms with Crippen LogP contribution >= 0.6 is 35.6 Å². The Hall–Kier alpha value is -1.39. The van der Waals surface area contributed by atoms with Gasteiger partial charge in [0.25, 0.3) is 0 Å². The van der Waals surface area contributed by atoms with Crippen molar-refractivity contribution in [2.75, 3.05) is 19.6 Å². The van der Waals surface area contributed by atoms with Crippen LogP contribution in [0.3, 0.4) is 0 Å². The third-order valence-corrected chi connectivity index (χ3v) is 5.94. The summed E-state index contributed by atoms with van der Waals surface area (Å²) in [5.41, 5.74) is 0.872. The molecular formula is C21H30ClIN6O. The van der Waals surface area contributed by atoms with Crippen LogP contribution in [0.25, 0.3) is 11.4 Å². The molecule has 2 N–H and O–H groups in total. The number of nitrogens with one attached hydrogen (secondary N) is 2.